The zero-order valence-electron chi connectivity index (χ0n) is 38.6. The minimum atomic E-state index is -0.716. The van der Waals surface area contributed by atoms with Crippen LogP contribution in [-0.2, 0) is 43.4 Å². The molecule has 0 spiro atoms. The fraction of sp³-hybridized carbons (Fsp3) is 0.469. The van der Waals surface area contributed by atoms with E-state index in [0.717, 1.165) is 49.3 Å². The fourth-order valence-corrected chi connectivity index (χ4v) is 10.6. The van der Waals surface area contributed by atoms with Crippen molar-refractivity contribution in [2.75, 3.05) is 62.1 Å². The molecule has 1 unspecified atom stereocenters. The molecule has 19 heteroatoms. The smallest absolute Gasteiger partial charge is 0.255 e. The Kier molecular flexibility index (Phi) is 16.9. The lowest BCUT2D eigenvalue weighted by Gasteiger charge is -2.40. The number of amides is 5. The Bertz CT molecular complexity index is 2530. The van der Waals surface area contributed by atoms with Crippen LogP contribution >= 0.6 is 35.3 Å². The van der Waals surface area contributed by atoms with Gasteiger partial charge in [0, 0.05) is 85.2 Å². The minimum absolute atomic E-state index is 0. The van der Waals surface area contributed by atoms with Crippen LogP contribution in [0.5, 0.6) is 5.75 Å². The lowest BCUT2D eigenvalue weighted by Crippen LogP contribution is -2.52. The Morgan fingerprint density at radius 1 is 1.01 bits per heavy atom. The van der Waals surface area contributed by atoms with Gasteiger partial charge in [-0.3, -0.25) is 34.1 Å². The quantitative estimate of drug-likeness (QED) is 0.0568. The number of likely N-dealkylation sites (N-methyl/N-ethyl adjacent to an activating group) is 1. The Morgan fingerprint density at radius 2 is 1.82 bits per heavy atom. The molecular weight excluding hydrogens is 932 g/mol. The summed E-state index contributed by atoms with van der Waals surface area (Å²) in [6.07, 6.45) is 7.17. The molecule has 16 nitrogen and oxygen atoms in total. The van der Waals surface area contributed by atoms with Crippen molar-refractivity contribution in [3.63, 3.8) is 0 Å². The number of imide groups is 1. The molecule has 0 saturated carbocycles. The summed E-state index contributed by atoms with van der Waals surface area (Å²) >= 11 is 7.73. The topological polar surface area (TPSA) is 184 Å². The highest BCUT2D eigenvalue weighted by Gasteiger charge is 2.40. The van der Waals surface area contributed by atoms with Crippen molar-refractivity contribution >= 4 is 87.9 Å². The maximum absolute atomic E-state index is 13.6. The van der Waals surface area contributed by atoms with Gasteiger partial charge in [0.2, 0.25) is 23.6 Å². The third-order valence-electron chi connectivity index (χ3n) is 13.3. The molecule has 2 atom stereocenters. The van der Waals surface area contributed by atoms with E-state index in [1.165, 1.54) is 16.2 Å². The van der Waals surface area contributed by atoms with Crippen LogP contribution in [-0.4, -0.2) is 114 Å². The second-order valence-corrected chi connectivity index (χ2v) is 19.4. The third-order valence-corrected chi connectivity index (χ3v) is 14.5. The molecule has 0 radical (unpaired) electrons. The van der Waals surface area contributed by atoms with Crippen molar-refractivity contribution in [3.8, 4) is 5.75 Å². The van der Waals surface area contributed by atoms with E-state index in [-0.39, 0.29) is 73.2 Å². The molecule has 2 N–H and O–H groups in total. The van der Waals surface area contributed by atoms with Gasteiger partial charge in [-0.15, -0.1) is 23.7 Å². The van der Waals surface area contributed by atoms with Crippen LogP contribution < -0.4 is 25.2 Å². The molecule has 2 fully saturated rings. The monoisotopic (exact) mass is 988 g/mol. The van der Waals surface area contributed by atoms with Crippen LogP contribution in [0.25, 0.3) is 0 Å². The van der Waals surface area contributed by atoms with Gasteiger partial charge in [-0.1, -0.05) is 36.7 Å². The van der Waals surface area contributed by atoms with E-state index >= 15 is 0 Å². The molecule has 2 aromatic carbocycles. The number of hydrogen-bond acceptors (Lipinski definition) is 13. The lowest BCUT2D eigenvalue weighted by atomic mass is 9.89. The number of hydrogen-bond donors (Lipinski definition) is 2. The Balaban J connectivity index is 0.00000684. The predicted octanol–water partition coefficient (Wildman–Crippen LogP) is 6.85. The highest BCUT2D eigenvalue weighted by molar-refractivity contribution is 7.16. The second kappa shape index (κ2) is 22.8. The number of nitrogens with zero attached hydrogens (tertiary/aromatic N) is 6. The van der Waals surface area contributed by atoms with Gasteiger partial charge in [-0.2, -0.15) is 0 Å². The normalized spacial score (nSPS) is 18.6. The van der Waals surface area contributed by atoms with Crippen LogP contribution in [0.3, 0.4) is 0 Å². The molecule has 4 aromatic rings. The van der Waals surface area contributed by atoms with Gasteiger partial charge in [-0.05, 0) is 87.9 Å². The van der Waals surface area contributed by atoms with E-state index in [2.05, 4.69) is 20.5 Å². The zero-order chi connectivity index (χ0) is 47.2. The number of likely N-dealkylation sites (tertiary alicyclic amines) is 1. The molecule has 8 rings (SSSR count). The number of halogens is 2. The number of ether oxygens (including phenoxy) is 2. The molecular formula is C49H58Cl2N8O8S. The number of fused-ring (bicyclic) bond motifs is 2. The molecule has 0 bridgehead atoms. The van der Waals surface area contributed by atoms with E-state index < -0.39 is 11.9 Å². The number of carbonyl (C=O) groups is 6. The number of carbonyl (C=O) groups excluding carboxylic acids is 6. The van der Waals surface area contributed by atoms with Crippen molar-refractivity contribution in [1.29, 1.82) is 0 Å². The second-order valence-electron chi connectivity index (χ2n) is 17.6. The average molecular weight is 990 g/mol. The first-order valence-corrected chi connectivity index (χ1v) is 24.3. The molecule has 4 aliphatic rings. The largest absolute Gasteiger partial charge is 0.496 e. The van der Waals surface area contributed by atoms with Crippen LogP contribution in [0.2, 0.25) is 4.34 Å². The molecule has 5 amide bonds. The van der Waals surface area contributed by atoms with Crippen molar-refractivity contribution < 1.29 is 38.2 Å². The number of Topliss-reactive ketones (excluding diaryl/α,β-unsaturated/α-hetero) is 1. The van der Waals surface area contributed by atoms with Crippen molar-refractivity contribution in [2.45, 2.75) is 96.3 Å². The molecule has 362 valence electrons. The average Bonchev–Trinajstić information content (AvgIpc) is 3.90. The number of methoxy groups -OCH3 is 1. The van der Waals surface area contributed by atoms with Gasteiger partial charge >= 0.3 is 0 Å². The fourth-order valence-electron chi connectivity index (χ4n) is 9.47. The summed E-state index contributed by atoms with van der Waals surface area (Å²) in [7, 11) is 3.36. The molecule has 2 aromatic heterocycles. The standard InChI is InChI=1S/C49H57ClN8O8S.ClH/c1-4-37-49(64)55(2)39-27-51-43(53-46(39)57(37)28-33-13-15-42(50)67-33)26-32-12-11-31(25-41(32)65-3)40(59)24-30-17-19-56(20-18-30)21-23-66-22-6-5-10-44(60)52-36-9-7-8-34-35(36)29-58(48(34)63)38-14-16-45(61)54-47(38)62;/h7-9,11-13,15,25,27,30,37-38H,4-6,10,14,16-24,26,28-29H2,1-3H3,(H,52,60)(H,54,61,62);1H/t37-,38?;/m1./s1. The summed E-state index contributed by atoms with van der Waals surface area (Å²) in [4.78, 5) is 95.1. The first-order chi connectivity index (χ1) is 32.4. The number of unbranched alkanes of at least 4 members (excludes halogenated alkanes) is 1. The van der Waals surface area contributed by atoms with Gasteiger partial charge in [0.1, 0.15) is 29.3 Å². The summed E-state index contributed by atoms with van der Waals surface area (Å²) in [5.74, 6) is 1.01. The number of thiophene rings is 1. The van der Waals surface area contributed by atoms with Crippen molar-refractivity contribution in [1.82, 2.24) is 25.1 Å². The molecule has 2 saturated heterocycles. The van der Waals surface area contributed by atoms with E-state index in [1.807, 2.05) is 42.2 Å². The van der Waals surface area contributed by atoms with Gasteiger partial charge in [0.25, 0.3) is 5.91 Å². The molecule has 0 aliphatic carbocycles. The van der Waals surface area contributed by atoms with Crippen molar-refractivity contribution in [2.24, 2.45) is 5.92 Å². The first-order valence-electron chi connectivity index (χ1n) is 23.1. The highest BCUT2D eigenvalue weighted by atomic mass is 35.5. The number of benzene rings is 2. The Labute approximate surface area is 411 Å². The van der Waals surface area contributed by atoms with E-state index in [1.54, 1.807) is 43.5 Å². The maximum atomic E-state index is 13.6. The van der Waals surface area contributed by atoms with Crippen LogP contribution in [0.15, 0.2) is 54.7 Å². The van der Waals surface area contributed by atoms with Gasteiger partial charge in [0.05, 0.1) is 30.8 Å². The number of nitrogens with one attached hydrogen (secondary N) is 2. The third kappa shape index (κ3) is 11.5. The number of anilines is 3. The van der Waals surface area contributed by atoms with Gasteiger partial charge in [-0.25, -0.2) is 9.97 Å². The van der Waals surface area contributed by atoms with Crippen LogP contribution in [0.1, 0.15) is 107 Å². The van der Waals surface area contributed by atoms with E-state index in [4.69, 9.17) is 26.1 Å². The highest BCUT2D eigenvalue weighted by Crippen LogP contribution is 2.38. The number of ketones is 1. The van der Waals surface area contributed by atoms with E-state index in [0.29, 0.717) is 102 Å². The maximum Gasteiger partial charge on any atom is 0.255 e. The summed E-state index contributed by atoms with van der Waals surface area (Å²) in [6, 6.07) is 13.5. The SMILES string of the molecule is CC[C@@H]1C(=O)N(C)c2cnc(Cc3ccc(C(=O)CC4CCN(CCOCCCCC(=O)Nc5cccc6c5CN(C5CCC(=O)NC5=O)C6=O)CC4)cc3OC)nc2N1Cc1ccc(Cl)s1.Cl. The minimum Gasteiger partial charge on any atom is -0.496 e. The van der Waals surface area contributed by atoms with Crippen molar-refractivity contribution in [3.05, 3.63) is 92.0 Å². The summed E-state index contributed by atoms with van der Waals surface area (Å²) < 4.78 is 12.4. The Hall–Kier alpha value is -5.46. The number of rotatable bonds is 19. The number of piperidine rings is 2. The number of aromatic nitrogens is 2. The molecule has 4 aliphatic heterocycles. The van der Waals surface area contributed by atoms with Gasteiger partial charge < -0.3 is 34.4 Å². The summed E-state index contributed by atoms with van der Waals surface area (Å²) in [5.41, 5.74) is 3.82. The van der Waals surface area contributed by atoms with E-state index in [9.17, 15) is 28.8 Å². The Morgan fingerprint density at radius 3 is 2.56 bits per heavy atom. The molecule has 6 heterocycles. The predicted molar refractivity (Wildman–Crippen MR) is 262 cm³/mol. The zero-order valence-corrected chi connectivity index (χ0v) is 41.0. The molecule has 68 heavy (non-hydrogen) atoms. The van der Waals surface area contributed by atoms with Gasteiger partial charge in [0.15, 0.2) is 11.6 Å². The van der Waals surface area contributed by atoms with Crippen LogP contribution in [0, 0.1) is 5.92 Å². The first kappa shape index (κ1) is 50.4. The lowest BCUT2D eigenvalue weighted by molar-refractivity contribution is -0.137. The van der Waals surface area contributed by atoms with Crippen LogP contribution in [0.4, 0.5) is 17.2 Å². The summed E-state index contributed by atoms with van der Waals surface area (Å²) in [6.45, 7) is 6.42. The summed E-state index contributed by atoms with van der Waals surface area (Å²) in [5, 5.41) is 5.26.